The number of hydrogen-bond acceptors (Lipinski definition) is 9. The van der Waals surface area contributed by atoms with Gasteiger partial charge in [0.2, 0.25) is 5.95 Å². The second kappa shape index (κ2) is 14.1. The number of aromatic nitrogens is 5. The fraction of sp³-hybridized carbons (Fsp3) is 0.486. The van der Waals surface area contributed by atoms with Gasteiger partial charge in [0, 0.05) is 56.4 Å². The Kier molecular flexibility index (Phi) is 9.87. The van der Waals surface area contributed by atoms with Crippen LogP contribution < -0.4 is 10.2 Å². The van der Waals surface area contributed by atoms with Crippen molar-refractivity contribution in [2.75, 3.05) is 44.1 Å². The zero-order chi connectivity index (χ0) is 34.8. The molecule has 49 heavy (non-hydrogen) atoms. The summed E-state index contributed by atoms with van der Waals surface area (Å²) in [5.41, 5.74) is 2.08. The van der Waals surface area contributed by atoms with Crippen LogP contribution in [0.4, 0.5) is 24.8 Å². The van der Waals surface area contributed by atoms with Crippen LogP contribution in [0, 0.1) is 5.41 Å². The fourth-order valence-electron chi connectivity index (χ4n) is 6.73. The van der Waals surface area contributed by atoms with Gasteiger partial charge in [0.15, 0.2) is 5.65 Å². The lowest BCUT2D eigenvalue weighted by molar-refractivity contribution is -0.143. The van der Waals surface area contributed by atoms with Gasteiger partial charge in [0.05, 0.1) is 35.9 Å². The highest BCUT2D eigenvalue weighted by molar-refractivity contribution is 6.03. The minimum Gasteiger partial charge on any atom is -0.466 e. The quantitative estimate of drug-likeness (QED) is 0.148. The number of alkyl halides is 3. The Morgan fingerprint density at radius 1 is 1.10 bits per heavy atom. The van der Waals surface area contributed by atoms with Gasteiger partial charge in [-0.1, -0.05) is 18.9 Å². The Labute approximate surface area is 282 Å². The average molecular weight is 680 g/mol. The highest BCUT2D eigenvalue weighted by atomic mass is 19.4. The summed E-state index contributed by atoms with van der Waals surface area (Å²) < 4.78 is 53.0. The average Bonchev–Trinajstić information content (AvgIpc) is 3.69. The van der Waals surface area contributed by atoms with Crippen LogP contribution in [0.15, 0.2) is 36.7 Å². The molecule has 0 bridgehead atoms. The van der Waals surface area contributed by atoms with Gasteiger partial charge in [-0.15, -0.1) is 0 Å². The standard InChI is InChI=1S/C35H40F3N7O4/c1-4-49-28(46)12-8-21-7-11-25(39-17-21)32(47)44-33-42-30-27(45(2)19-34(20-48-3)13-5-6-14-34)16-26(41-31(30)43-33)23-15-24(35(36,37)38)29(40-18-23)22-9-10-22/h7,11,15-18,22H,4-6,8-10,12-14,19-20H2,1-3H3,(H2,41,42,43,44,47). The summed E-state index contributed by atoms with van der Waals surface area (Å²) in [6, 6.07) is 6.14. The molecule has 260 valence electrons. The Bertz CT molecular complexity index is 1820. The number of H-pyrrole nitrogens is 1. The van der Waals surface area contributed by atoms with Crippen molar-refractivity contribution >= 4 is 34.7 Å². The summed E-state index contributed by atoms with van der Waals surface area (Å²) in [6.45, 7) is 3.28. The van der Waals surface area contributed by atoms with E-state index in [1.54, 1.807) is 32.2 Å². The second-order valence-electron chi connectivity index (χ2n) is 13.0. The van der Waals surface area contributed by atoms with Crippen LogP contribution in [-0.2, 0) is 26.9 Å². The van der Waals surface area contributed by atoms with Crippen molar-refractivity contribution in [3.63, 3.8) is 0 Å². The van der Waals surface area contributed by atoms with Crippen molar-refractivity contribution in [3.8, 4) is 11.3 Å². The number of imidazole rings is 1. The van der Waals surface area contributed by atoms with Gasteiger partial charge in [0.1, 0.15) is 11.2 Å². The summed E-state index contributed by atoms with van der Waals surface area (Å²) in [5.74, 6) is -0.900. The van der Waals surface area contributed by atoms with Crippen molar-refractivity contribution in [2.24, 2.45) is 5.41 Å². The molecule has 11 nitrogen and oxygen atoms in total. The molecule has 0 aromatic carbocycles. The molecule has 6 rings (SSSR count). The van der Waals surface area contributed by atoms with Crippen molar-refractivity contribution in [1.29, 1.82) is 0 Å². The number of methoxy groups -OCH3 is 1. The number of pyridine rings is 3. The van der Waals surface area contributed by atoms with Crippen LogP contribution >= 0.6 is 0 Å². The number of carbonyl (C=O) groups is 2. The third-order valence-electron chi connectivity index (χ3n) is 9.24. The van der Waals surface area contributed by atoms with Gasteiger partial charge in [-0.2, -0.15) is 18.2 Å². The molecule has 4 aromatic heterocycles. The third-order valence-corrected chi connectivity index (χ3v) is 9.24. The molecule has 0 radical (unpaired) electrons. The molecular formula is C35H40F3N7O4. The first-order valence-electron chi connectivity index (χ1n) is 16.6. The number of aryl methyl sites for hydroxylation is 1. The van der Waals surface area contributed by atoms with Crippen LogP contribution in [0.1, 0.15) is 85.1 Å². The topological polar surface area (TPSA) is 135 Å². The van der Waals surface area contributed by atoms with E-state index in [1.807, 2.05) is 7.05 Å². The van der Waals surface area contributed by atoms with Crippen LogP contribution in [0.2, 0.25) is 0 Å². The molecule has 2 aliphatic carbocycles. The summed E-state index contributed by atoms with van der Waals surface area (Å²) >= 11 is 0. The van der Waals surface area contributed by atoms with E-state index in [-0.39, 0.29) is 58.0 Å². The van der Waals surface area contributed by atoms with Gasteiger partial charge in [-0.05, 0) is 62.8 Å². The first kappa shape index (κ1) is 34.3. The van der Waals surface area contributed by atoms with Gasteiger partial charge >= 0.3 is 12.1 Å². The van der Waals surface area contributed by atoms with E-state index in [2.05, 4.69) is 35.1 Å². The summed E-state index contributed by atoms with van der Waals surface area (Å²) in [4.78, 5) is 47.7. The second-order valence-corrected chi connectivity index (χ2v) is 13.0. The van der Waals surface area contributed by atoms with Crippen molar-refractivity contribution < 1.29 is 32.2 Å². The predicted octanol–water partition coefficient (Wildman–Crippen LogP) is 6.70. The molecule has 2 N–H and O–H groups in total. The molecule has 4 heterocycles. The number of hydrogen-bond donors (Lipinski definition) is 2. The highest BCUT2D eigenvalue weighted by Gasteiger charge is 2.40. The van der Waals surface area contributed by atoms with Crippen LogP contribution in [0.25, 0.3) is 22.4 Å². The molecule has 0 unspecified atom stereocenters. The SMILES string of the molecule is CCOC(=O)CCc1ccc(C(=O)Nc2nc3nc(-c4cnc(C5CC5)c(C(F)(F)F)c4)cc(N(C)CC4(COC)CCCC4)c3[nH]2)nc1. The number of fused-ring (bicyclic) bond motifs is 1. The normalized spacial score (nSPS) is 15.8. The zero-order valence-corrected chi connectivity index (χ0v) is 27.8. The number of esters is 1. The Morgan fingerprint density at radius 2 is 1.88 bits per heavy atom. The molecule has 1 amide bonds. The Hall–Kier alpha value is -4.59. The number of nitrogens with one attached hydrogen (secondary N) is 2. The van der Waals surface area contributed by atoms with Gasteiger partial charge in [0.25, 0.3) is 5.91 Å². The monoisotopic (exact) mass is 679 g/mol. The molecule has 14 heteroatoms. The number of ether oxygens (including phenoxy) is 2. The number of anilines is 2. The molecule has 2 fully saturated rings. The molecule has 0 spiro atoms. The number of carbonyl (C=O) groups excluding carboxylic acids is 2. The summed E-state index contributed by atoms with van der Waals surface area (Å²) in [5, 5.41) is 2.73. The zero-order valence-electron chi connectivity index (χ0n) is 27.8. The molecule has 0 atom stereocenters. The van der Waals surface area contributed by atoms with E-state index < -0.39 is 17.6 Å². The number of amides is 1. The molecular weight excluding hydrogens is 639 g/mol. The van der Waals surface area contributed by atoms with E-state index in [9.17, 15) is 22.8 Å². The lowest BCUT2D eigenvalue weighted by Crippen LogP contribution is -2.37. The van der Waals surface area contributed by atoms with Gasteiger partial charge in [-0.25, -0.2) is 4.98 Å². The van der Waals surface area contributed by atoms with E-state index in [0.29, 0.717) is 50.2 Å². The maximum Gasteiger partial charge on any atom is 0.418 e. The highest BCUT2D eigenvalue weighted by Crippen LogP contribution is 2.46. The molecule has 2 saturated carbocycles. The van der Waals surface area contributed by atoms with Crippen LogP contribution in [-0.4, -0.2) is 70.7 Å². The number of halogens is 3. The van der Waals surface area contributed by atoms with E-state index in [1.165, 1.54) is 12.4 Å². The summed E-state index contributed by atoms with van der Waals surface area (Å²) in [6.07, 6.45) is 4.60. The molecule has 2 aliphatic rings. The third kappa shape index (κ3) is 7.85. The maximum absolute atomic E-state index is 14.2. The van der Waals surface area contributed by atoms with Crippen LogP contribution in [0.3, 0.4) is 0 Å². The van der Waals surface area contributed by atoms with Crippen molar-refractivity contribution in [2.45, 2.75) is 70.4 Å². The van der Waals surface area contributed by atoms with E-state index in [4.69, 9.17) is 9.47 Å². The van der Waals surface area contributed by atoms with Gasteiger partial charge < -0.3 is 19.4 Å². The van der Waals surface area contributed by atoms with Crippen molar-refractivity contribution in [1.82, 2.24) is 24.9 Å². The lowest BCUT2D eigenvalue weighted by atomic mass is 9.86. The smallest absolute Gasteiger partial charge is 0.418 e. The summed E-state index contributed by atoms with van der Waals surface area (Å²) in [7, 11) is 3.62. The van der Waals surface area contributed by atoms with Crippen LogP contribution in [0.5, 0.6) is 0 Å². The number of rotatable bonds is 13. The van der Waals surface area contributed by atoms with Gasteiger partial charge in [-0.3, -0.25) is 24.9 Å². The van der Waals surface area contributed by atoms with E-state index >= 15 is 0 Å². The first-order chi connectivity index (χ1) is 23.5. The number of aromatic amines is 1. The number of nitrogens with zero attached hydrogens (tertiary/aromatic N) is 5. The Balaban J connectivity index is 1.32. The maximum atomic E-state index is 14.2. The minimum absolute atomic E-state index is 0.0721. The van der Waals surface area contributed by atoms with E-state index in [0.717, 1.165) is 37.3 Å². The largest absolute Gasteiger partial charge is 0.466 e. The van der Waals surface area contributed by atoms with Crippen molar-refractivity contribution in [3.05, 3.63) is 59.2 Å². The molecule has 4 aromatic rings. The minimum atomic E-state index is -4.56. The molecule has 0 saturated heterocycles. The lowest BCUT2D eigenvalue weighted by Gasteiger charge is -2.34. The Morgan fingerprint density at radius 3 is 2.53 bits per heavy atom. The predicted molar refractivity (Wildman–Crippen MR) is 177 cm³/mol. The fourth-order valence-corrected chi connectivity index (χ4v) is 6.73. The molecule has 0 aliphatic heterocycles. The first-order valence-corrected chi connectivity index (χ1v) is 16.6.